The van der Waals surface area contributed by atoms with Crippen molar-refractivity contribution in [1.29, 1.82) is 0 Å². The van der Waals surface area contributed by atoms with Gasteiger partial charge in [0.25, 0.3) is 0 Å². The number of carbonyl (C=O) groups is 1. The zero-order valence-electron chi connectivity index (χ0n) is 15.5. The Hall–Kier alpha value is -2.84. The molecule has 5 nitrogen and oxygen atoms in total. The van der Waals surface area contributed by atoms with Crippen LogP contribution in [0.25, 0.3) is 4.85 Å². The molecule has 0 spiro atoms. The zero-order chi connectivity index (χ0) is 19.1. The van der Waals surface area contributed by atoms with Gasteiger partial charge in [0.15, 0.2) is 5.69 Å². The summed E-state index contributed by atoms with van der Waals surface area (Å²) in [6.07, 6.45) is 1.34. The normalized spacial score (nSPS) is 19.3. The van der Waals surface area contributed by atoms with Gasteiger partial charge < -0.3 is 14.4 Å². The maximum Gasteiger partial charge on any atom is 0.410 e. The molecule has 1 aliphatic heterocycles. The largest absolute Gasteiger partial charge is 0.445 e. The van der Waals surface area contributed by atoms with Crippen molar-refractivity contribution < 1.29 is 14.3 Å². The number of benzene rings is 2. The first-order valence-electron chi connectivity index (χ1n) is 9.27. The fourth-order valence-electron chi connectivity index (χ4n) is 3.43. The van der Waals surface area contributed by atoms with Crippen molar-refractivity contribution in [3.05, 3.63) is 77.1 Å². The zero-order valence-corrected chi connectivity index (χ0v) is 15.5. The molecule has 0 saturated carbocycles. The standard InChI is InChI=1S/C22H24N2O3/c1-3-26-20-13-14-24(22(25)27-16-17-7-5-4-6-8-17)21(15-20)18-9-11-19(23-2)12-10-18/h4-12,20-21H,3,13-16H2,1H3/t20-,21-/m0/s1. The summed E-state index contributed by atoms with van der Waals surface area (Å²) in [4.78, 5) is 18.0. The molecule has 2 atom stereocenters. The van der Waals surface area contributed by atoms with E-state index >= 15 is 0 Å². The van der Waals surface area contributed by atoms with Crippen molar-refractivity contribution in [3.8, 4) is 0 Å². The molecule has 27 heavy (non-hydrogen) atoms. The Kier molecular flexibility index (Phi) is 6.45. The molecular weight excluding hydrogens is 340 g/mol. The number of piperidine rings is 1. The quantitative estimate of drug-likeness (QED) is 0.692. The number of hydrogen-bond donors (Lipinski definition) is 0. The summed E-state index contributed by atoms with van der Waals surface area (Å²) in [7, 11) is 0. The number of amides is 1. The summed E-state index contributed by atoms with van der Waals surface area (Å²) in [5.41, 5.74) is 2.56. The van der Waals surface area contributed by atoms with E-state index in [1.807, 2.05) is 49.4 Å². The fourth-order valence-corrected chi connectivity index (χ4v) is 3.43. The lowest BCUT2D eigenvalue weighted by Gasteiger charge is -2.39. The van der Waals surface area contributed by atoms with E-state index in [-0.39, 0.29) is 24.8 Å². The van der Waals surface area contributed by atoms with Crippen LogP contribution < -0.4 is 0 Å². The molecule has 1 heterocycles. The minimum absolute atomic E-state index is 0.113. The van der Waals surface area contributed by atoms with Crippen LogP contribution in [0.15, 0.2) is 54.6 Å². The van der Waals surface area contributed by atoms with E-state index in [1.165, 1.54) is 0 Å². The van der Waals surface area contributed by atoms with E-state index in [1.54, 1.807) is 17.0 Å². The van der Waals surface area contributed by atoms with Crippen LogP contribution in [0.2, 0.25) is 0 Å². The molecule has 0 N–H and O–H groups in total. The summed E-state index contributed by atoms with van der Waals surface area (Å²) in [6.45, 7) is 10.6. The third kappa shape index (κ3) is 4.87. The van der Waals surface area contributed by atoms with Gasteiger partial charge in [0, 0.05) is 13.2 Å². The van der Waals surface area contributed by atoms with Crippen molar-refractivity contribution in [2.24, 2.45) is 0 Å². The van der Waals surface area contributed by atoms with Crippen molar-refractivity contribution >= 4 is 11.8 Å². The van der Waals surface area contributed by atoms with Gasteiger partial charge in [0.2, 0.25) is 0 Å². The van der Waals surface area contributed by atoms with Crippen molar-refractivity contribution in [1.82, 2.24) is 4.90 Å². The molecule has 1 amide bonds. The molecule has 2 aromatic rings. The van der Waals surface area contributed by atoms with Gasteiger partial charge in [0.05, 0.1) is 18.7 Å². The lowest BCUT2D eigenvalue weighted by atomic mass is 9.93. The second-order valence-electron chi connectivity index (χ2n) is 6.55. The smallest absolute Gasteiger partial charge is 0.410 e. The SMILES string of the molecule is [C-]#[N+]c1ccc([C@@H]2C[C@@H](OCC)CCN2C(=O)OCc2ccccc2)cc1. The van der Waals surface area contributed by atoms with Crippen LogP contribution in [-0.4, -0.2) is 30.2 Å². The summed E-state index contributed by atoms with van der Waals surface area (Å²) in [6, 6.07) is 17.0. The van der Waals surface area contributed by atoms with Crippen LogP contribution in [-0.2, 0) is 16.1 Å². The van der Waals surface area contributed by atoms with Crippen LogP contribution >= 0.6 is 0 Å². The van der Waals surface area contributed by atoms with Crippen LogP contribution in [0.3, 0.4) is 0 Å². The van der Waals surface area contributed by atoms with Crippen LogP contribution in [0, 0.1) is 6.57 Å². The lowest BCUT2D eigenvalue weighted by Crippen LogP contribution is -2.43. The molecule has 1 saturated heterocycles. The fraction of sp³-hybridized carbons (Fsp3) is 0.364. The van der Waals surface area contributed by atoms with Crippen LogP contribution in [0.1, 0.15) is 36.9 Å². The average molecular weight is 364 g/mol. The Morgan fingerprint density at radius 3 is 2.59 bits per heavy atom. The lowest BCUT2D eigenvalue weighted by molar-refractivity contribution is -0.0125. The Morgan fingerprint density at radius 1 is 1.19 bits per heavy atom. The maximum absolute atomic E-state index is 12.8. The van der Waals surface area contributed by atoms with E-state index in [0.29, 0.717) is 18.8 Å². The summed E-state index contributed by atoms with van der Waals surface area (Å²) >= 11 is 0. The number of hydrogen-bond acceptors (Lipinski definition) is 3. The monoisotopic (exact) mass is 364 g/mol. The number of likely N-dealkylation sites (tertiary alicyclic amines) is 1. The molecule has 2 aromatic carbocycles. The van der Waals surface area contributed by atoms with E-state index in [4.69, 9.17) is 16.0 Å². The second kappa shape index (κ2) is 9.20. The number of rotatable bonds is 5. The summed E-state index contributed by atoms with van der Waals surface area (Å²) in [5, 5.41) is 0. The maximum atomic E-state index is 12.8. The highest BCUT2D eigenvalue weighted by Crippen LogP contribution is 2.34. The Bertz CT molecular complexity index is 783. The predicted molar refractivity (Wildman–Crippen MR) is 103 cm³/mol. The minimum Gasteiger partial charge on any atom is -0.445 e. The van der Waals surface area contributed by atoms with Gasteiger partial charge in [-0.2, -0.15) is 0 Å². The van der Waals surface area contributed by atoms with Gasteiger partial charge in [-0.1, -0.05) is 54.6 Å². The minimum atomic E-state index is -0.312. The summed E-state index contributed by atoms with van der Waals surface area (Å²) < 4.78 is 11.4. The highest BCUT2D eigenvalue weighted by molar-refractivity contribution is 5.68. The van der Waals surface area contributed by atoms with Gasteiger partial charge in [-0.3, -0.25) is 0 Å². The molecule has 0 bridgehead atoms. The van der Waals surface area contributed by atoms with E-state index in [9.17, 15) is 4.79 Å². The van der Waals surface area contributed by atoms with E-state index in [0.717, 1.165) is 24.0 Å². The molecule has 0 unspecified atom stereocenters. The molecule has 3 rings (SSSR count). The van der Waals surface area contributed by atoms with Crippen LogP contribution in [0.5, 0.6) is 0 Å². The molecule has 5 heteroatoms. The molecular formula is C22H24N2O3. The van der Waals surface area contributed by atoms with Gasteiger partial charge in [-0.25, -0.2) is 9.64 Å². The predicted octanol–water partition coefficient (Wildman–Crippen LogP) is 5.12. The van der Waals surface area contributed by atoms with Crippen molar-refractivity contribution in [2.75, 3.05) is 13.2 Å². The molecule has 140 valence electrons. The Morgan fingerprint density at radius 2 is 1.93 bits per heavy atom. The molecule has 0 radical (unpaired) electrons. The van der Waals surface area contributed by atoms with Gasteiger partial charge >= 0.3 is 6.09 Å². The number of carbonyl (C=O) groups excluding carboxylic acids is 1. The van der Waals surface area contributed by atoms with Crippen molar-refractivity contribution in [3.63, 3.8) is 0 Å². The second-order valence-corrected chi connectivity index (χ2v) is 6.55. The third-order valence-corrected chi connectivity index (χ3v) is 4.80. The molecule has 0 aliphatic carbocycles. The van der Waals surface area contributed by atoms with Gasteiger partial charge in [-0.05, 0) is 30.9 Å². The van der Waals surface area contributed by atoms with Crippen molar-refractivity contribution in [2.45, 2.75) is 38.5 Å². The Labute approximate surface area is 160 Å². The molecule has 1 fully saturated rings. The first-order valence-corrected chi connectivity index (χ1v) is 9.27. The topological polar surface area (TPSA) is 43.1 Å². The molecule has 1 aliphatic rings. The highest BCUT2D eigenvalue weighted by atomic mass is 16.6. The average Bonchev–Trinajstić information content (AvgIpc) is 2.73. The Balaban J connectivity index is 1.73. The van der Waals surface area contributed by atoms with Gasteiger partial charge in [0.1, 0.15) is 6.61 Å². The van der Waals surface area contributed by atoms with E-state index in [2.05, 4.69) is 4.85 Å². The first kappa shape index (κ1) is 18.9. The first-order chi connectivity index (χ1) is 13.2. The number of nitrogens with zero attached hydrogens (tertiary/aromatic N) is 2. The van der Waals surface area contributed by atoms with Crippen LogP contribution in [0.4, 0.5) is 10.5 Å². The third-order valence-electron chi connectivity index (χ3n) is 4.80. The summed E-state index contributed by atoms with van der Waals surface area (Å²) in [5.74, 6) is 0. The highest BCUT2D eigenvalue weighted by Gasteiger charge is 2.33. The number of ether oxygens (including phenoxy) is 2. The molecule has 0 aromatic heterocycles. The van der Waals surface area contributed by atoms with E-state index < -0.39 is 0 Å². The van der Waals surface area contributed by atoms with Gasteiger partial charge in [-0.15, -0.1) is 0 Å².